The number of fused-ring (bicyclic) bond motifs is 1. The van der Waals surface area contributed by atoms with Gasteiger partial charge in [-0.3, -0.25) is 14.6 Å². The van der Waals surface area contributed by atoms with Gasteiger partial charge in [0.15, 0.2) is 0 Å². The van der Waals surface area contributed by atoms with Gasteiger partial charge >= 0.3 is 5.97 Å². The first kappa shape index (κ1) is 20.0. The van der Waals surface area contributed by atoms with Crippen molar-refractivity contribution in [2.75, 3.05) is 18.5 Å². The lowest BCUT2D eigenvalue weighted by atomic mass is 9.94. The normalized spacial score (nSPS) is 15.6. The van der Waals surface area contributed by atoms with Crippen LogP contribution in [0.3, 0.4) is 0 Å². The van der Waals surface area contributed by atoms with Gasteiger partial charge in [0.2, 0.25) is 0 Å². The van der Waals surface area contributed by atoms with Crippen LogP contribution in [0.2, 0.25) is 0 Å². The van der Waals surface area contributed by atoms with Gasteiger partial charge in [-0.25, -0.2) is 0 Å². The molecule has 4 N–H and O–H groups in total. The van der Waals surface area contributed by atoms with Crippen LogP contribution in [0, 0.1) is 18.3 Å². The Hall–Kier alpha value is -3.79. The summed E-state index contributed by atoms with van der Waals surface area (Å²) in [5, 5.41) is 11.8. The maximum Gasteiger partial charge on any atom is 0.303 e. The van der Waals surface area contributed by atoms with Crippen LogP contribution in [0.15, 0.2) is 47.5 Å². The molecule has 2 aromatic carbocycles. The Labute approximate surface area is 168 Å². The van der Waals surface area contributed by atoms with Gasteiger partial charge in [-0.2, -0.15) is 0 Å². The van der Waals surface area contributed by atoms with E-state index < -0.39 is 5.97 Å². The van der Waals surface area contributed by atoms with Gasteiger partial charge in [-0.15, -0.1) is 6.42 Å². The summed E-state index contributed by atoms with van der Waals surface area (Å²) in [4.78, 5) is 27.4. The highest BCUT2D eigenvalue weighted by Crippen LogP contribution is 2.31. The van der Waals surface area contributed by atoms with E-state index in [1.54, 1.807) is 36.4 Å². The summed E-state index contributed by atoms with van der Waals surface area (Å²) in [6, 6.07) is 12.1. The van der Waals surface area contributed by atoms with Crippen molar-refractivity contribution < 1.29 is 19.4 Å². The first-order valence-electron chi connectivity index (χ1n) is 9.09. The van der Waals surface area contributed by atoms with E-state index in [9.17, 15) is 9.59 Å². The molecule has 148 valence electrons. The number of carboxylic acid groups (broad SMARTS) is 1. The summed E-state index contributed by atoms with van der Waals surface area (Å²) >= 11 is 0. The van der Waals surface area contributed by atoms with Crippen LogP contribution >= 0.6 is 0 Å². The Morgan fingerprint density at radius 3 is 2.66 bits per heavy atom. The first-order chi connectivity index (χ1) is 14.0. The van der Waals surface area contributed by atoms with Gasteiger partial charge < -0.3 is 20.9 Å². The molecule has 0 bridgehead atoms. The molecular formula is C22H21N3O4. The van der Waals surface area contributed by atoms with Gasteiger partial charge in [0.1, 0.15) is 18.1 Å². The van der Waals surface area contributed by atoms with Crippen molar-refractivity contribution in [3.8, 4) is 18.1 Å². The molecule has 7 heteroatoms. The average Bonchev–Trinajstić information content (AvgIpc) is 2.71. The van der Waals surface area contributed by atoms with Crippen molar-refractivity contribution in [1.82, 2.24) is 0 Å². The Morgan fingerprint density at radius 1 is 1.24 bits per heavy atom. The zero-order valence-corrected chi connectivity index (χ0v) is 15.7. The lowest BCUT2D eigenvalue weighted by Gasteiger charge is -2.24. The van der Waals surface area contributed by atoms with Crippen molar-refractivity contribution in [1.29, 1.82) is 0 Å². The van der Waals surface area contributed by atoms with Crippen molar-refractivity contribution in [3.63, 3.8) is 0 Å². The molecule has 1 aliphatic rings. The predicted molar refractivity (Wildman–Crippen MR) is 110 cm³/mol. The van der Waals surface area contributed by atoms with Crippen LogP contribution in [-0.2, 0) is 11.2 Å². The molecule has 0 radical (unpaired) electrons. The minimum absolute atomic E-state index is 0.0458. The Bertz CT molecular complexity index is 990. The number of carboxylic acids is 1. The van der Waals surface area contributed by atoms with Crippen LogP contribution < -0.4 is 15.8 Å². The van der Waals surface area contributed by atoms with E-state index in [2.05, 4.69) is 16.2 Å². The average molecular weight is 391 g/mol. The summed E-state index contributed by atoms with van der Waals surface area (Å²) in [6.07, 6.45) is 5.88. The van der Waals surface area contributed by atoms with Crippen LogP contribution in [0.4, 0.5) is 5.69 Å². The standard InChI is InChI=1S/C22H21N3O4/c1-2-9-24-21(23)15-3-5-16(6-4-15)22(28)25-18-8-7-17-10-14(11-20(26)27)13-29-19(17)12-18/h1,3-8,12,14H,9-11,13H2,(H2,23,24)(H,25,28)(H,26,27). The number of nitrogens with zero attached hydrogens (tertiary/aromatic N) is 1. The van der Waals surface area contributed by atoms with Crippen LogP contribution in [0.1, 0.15) is 27.9 Å². The second-order valence-corrected chi connectivity index (χ2v) is 6.74. The van der Waals surface area contributed by atoms with Crippen molar-refractivity contribution >= 4 is 23.4 Å². The maximum atomic E-state index is 12.5. The summed E-state index contributed by atoms with van der Waals surface area (Å²) in [7, 11) is 0. The topological polar surface area (TPSA) is 114 Å². The van der Waals surface area contributed by atoms with Gasteiger partial charge in [0.25, 0.3) is 5.91 Å². The van der Waals surface area contributed by atoms with Crippen molar-refractivity contribution in [2.45, 2.75) is 12.8 Å². The third-order valence-corrected chi connectivity index (χ3v) is 4.55. The summed E-state index contributed by atoms with van der Waals surface area (Å²) in [5.74, 6) is 2.23. The summed E-state index contributed by atoms with van der Waals surface area (Å²) < 4.78 is 5.68. The molecule has 0 saturated carbocycles. The molecule has 1 aliphatic heterocycles. The van der Waals surface area contributed by atoms with E-state index >= 15 is 0 Å². The predicted octanol–water partition coefficient (Wildman–Crippen LogP) is 2.30. The summed E-state index contributed by atoms with van der Waals surface area (Å²) in [6.45, 7) is 0.548. The number of rotatable bonds is 6. The maximum absolute atomic E-state index is 12.5. The Balaban J connectivity index is 1.66. The van der Waals surface area contributed by atoms with E-state index in [4.69, 9.17) is 22.0 Å². The fourth-order valence-electron chi connectivity index (χ4n) is 3.11. The minimum Gasteiger partial charge on any atom is -0.493 e. The van der Waals surface area contributed by atoms with E-state index in [-0.39, 0.29) is 24.8 Å². The molecule has 29 heavy (non-hydrogen) atoms. The van der Waals surface area contributed by atoms with E-state index in [0.29, 0.717) is 41.4 Å². The SMILES string of the molecule is C#CCN=C(N)c1ccc(C(=O)Nc2ccc3c(c2)OCC(CC(=O)O)C3)cc1. The van der Waals surface area contributed by atoms with E-state index in [1.807, 2.05) is 6.07 Å². The lowest BCUT2D eigenvalue weighted by molar-refractivity contribution is -0.138. The second-order valence-electron chi connectivity index (χ2n) is 6.74. The smallest absolute Gasteiger partial charge is 0.303 e. The Kier molecular flexibility index (Phi) is 6.15. The van der Waals surface area contributed by atoms with Gasteiger partial charge in [-0.05, 0) is 30.2 Å². The number of aliphatic carboxylic acids is 1. The molecule has 1 heterocycles. The number of amidine groups is 1. The highest BCUT2D eigenvalue weighted by Gasteiger charge is 2.22. The number of ether oxygens (including phenoxy) is 1. The zero-order chi connectivity index (χ0) is 20.8. The molecule has 0 aliphatic carbocycles. The number of benzene rings is 2. The van der Waals surface area contributed by atoms with Crippen LogP contribution in [-0.4, -0.2) is 36.0 Å². The van der Waals surface area contributed by atoms with Gasteiger partial charge in [0, 0.05) is 28.8 Å². The number of hydrogen-bond donors (Lipinski definition) is 3. The number of carbonyl (C=O) groups is 2. The van der Waals surface area contributed by atoms with Crippen molar-refractivity contribution in [3.05, 3.63) is 59.2 Å². The molecule has 1 amide bonds. The van der Waals surface area contributed by atoms with Gasteiger partial charge in [-0.1, -0.05) is 24.1 Å². The number of aliphatic imine (C=N–C) groups is 1. The molecule has 1 atom stereocenters. The van der Waals surface area contributed by atoms with Crippen LogP contribution in [0.5, 0.6) is 5.75 Å². The fraction of sp³-hybridized carbons (Fsp3) is 0.227. The monoisotopic (exact) mass is 391 g/mol. The quantitative estimate of drug-likeness (QED) is 0.397. The molecule has 7 nitrogen and oxygen atoms in total. The second kappa shape index (κ2) is 8.93. The molecule has 3 rings (SSSR count). The number of anilines is 1. The number of terminal acetylenes is 1. The van der Waals surface area contributed by atoms with Crippen LogP contribution in [0.25, 0.3) is 0 Å². The fourth-order valence-corrected chi connectivity index (χ4v) is 3.11. The van der Waals surface area contributed by atoms with E-state index in [0.717, 1.165) is 5.56 Å². The lowest BCUT2D eigenvalue weighted by Crippen LogP contribution is -2.23. The number of amides is 1. The summed E-state index contributed by atoms with van der Waals surface area (Å²) in [5.41, 5.74) is 8.54. The zero-order valence-electron chi connectivity index (χ0n) is 15.7. The van der Waals surface area contributed by atoms with E-state index in [1.165, 1.54) is 0 Å². The minimum atomic E-state index is -0.832. The Morgan fingerprint density at radius 2 is 1.97 bits per heavy atom. The number of carbonyl (C=O) groups excluding carboxylic acids is 1. The number of nitrogens with one attached hydrogen (secondary N) is 1. The number of nitrogens with two attached hydrogens (primary N) is 1. The molecule has 0 aromatic heterocycles. The molecular weight excluding hydrogens is 370 g/mol. The largest absolute Gasteiger partial charge is 0.493 e. The first-order valence-corrected chi connectivity index (χ1v) is 9.09. The van der Waals surface area contributed by atoms with Crippen molar-refractivity contribution in [2.24, 2.45) is 16.6 Å². The molecule has 0 spiro atoms. The molecule has 0 saturated heterocycles. The molecule has 1 unspecified atom stereocenters. The molecule has 0 fully saturated rings. The highest BCUT2D eigenvalue weighted by molar-refractivity contribution is 6.05. The molecule has 2 aromatic rings. The third kappa shape index (κ3) is 5.14. The van der Waals surface area contributed by atoms with Gasteiger partial charge in [0.05, 0.1) is 13.0 Å². The number of hydrogen-bond acceptors (Lipinski definition) is 4. The highest BCUT2D eigenvalue weighted by atomic mass is 16.5. The third-order valence-electron chi connectivity index (χ3n) is 4.55.